The van der Waals surface area contributed by atoms with Gasteiger partial charge in [-0.15, -0.1) is 0 Å². The van der Waals surface area contributed by atoms with Crippen LogP contribution in [-0.4, -0.2) is 31.7 Å². The van der Waals surface area contributed by atoms with Gasteiger partial charge in [0.25, 0.3) is 0 Å². The summed E-state index contributed by atoms with van der Waals surface area (Å²) in [6.07, 6.45) is 0.853. The van der Waals surface area contributed by atoms with Crippen molar-refractivity contribution in [2.24, 2.45) is 5.92 Å². The second kappa shape index (κ2) is 8.37. The van der Waals surface area contributed by atoms with E-state index in [0.717, 1.165) is 5.56 Å². The third kappa shape index (κ3) is 5.06. The Bertz CT molecular complexity index is 914. The van der Waals surface area contributed by atoms with Crippen LogP contribution >= 0.6 is 11.6 Å². The van der Waals surface area contributed by atoms with Crippen molar-refractivity contribution >= 4 is 33.2 Å². The number of hydrogen-bond donors (Lipinski definition) is 1. The molecular weight excluding hydrogens is 391 g/mol. The second-order valence-electron chi connectivity index (χ2n) is 6.53. The molecule has 1 N–H and O–H groups in total. The van der Waals surface area contributed by atoms with E-state index in [9.17, 15) is 17.6 Å². The number of halogens is 2. The molecule has 144 valence electrons. The summed E-state index contributed by atoms with van der Waals surface area (Å²) in [5.74, 6) is -1.20. The number of piperidine rings is 1. The summed E-state index contributed by atoms with van der Waals surface area (Å²) in [4.78, 5) is 12.4. The van der Waals surface area contributed by atoms with Crippen LogP contribution in [0.2, 0.25) is 5.02 Å². The van der Waals surface area contributed by atoms with Crippen LogP contribution in [0.1, 0.15) is 18.4 Å². The fourth-order valence-electron chi connectivity index (χ4n) is 3.09. The molecule has 5 nitrogen and oxygen atoms in total. The zero-order valence-electron chi connectivity index (χ0n) is 14.6. The molecule has 27 heavy (non-hydrogen) atoms. The van der Waals surface area contributed by atoms with E-state index in [1.54, 1.807) is 24.3 Å². The molecule has 3 rings (SSSR count). The highest BCUT2D eigenvalue weighted by Gasteiger charge is 2.31. The van der Waals surface area contributed by atoms with Crippen molar-refractivity contribution in [2.75, 3.05) is 18.4 Å². The highest BCUT2D eigenvalue weighted by Crippen LogP contribution is 2.24. The normalized spacial score (nSPS) is 16.2. The van der Waals surface area contributed by atoms with Crippen molar-refractivity contribution in [3.05, 3.63) is 64.9 Å². The minimum atomic E-state index is -3.42. The highest BCUT2D eigenvalue weighted by atomic mass is 35.5. The van der Waals surface area contributed by atoms with Crippen molar-refractivity contribution < 1.29 is 17.6 Å². The van der Waals surface area contributed by atoms with E-state index in [4.69, 9.17) is 11.6 Å². The van der Waals surface area contributed by atoms with Crippen LogP contribution in [0.5, 0.6) is 0 Å². The van der Waals surface area contributed by atoms with Crippen LogP contribution < -0.4 is 5.32 Å². The first-order chi connectivity index (χ1) is 12.8. The molecular formula is C19H20ClFN2O3S. The maximum Gasteiger partial charge on any atom is 0.227 e. The lowest BCUT2D eigenvalue weighted by molar-refractivity contribution is -0.120. The van der Waals surface area contributed by atoms with Gasteiger partial charge in [-0.2, -0.15) is 0 Å². The van der Waals surface area contributed by atoms with E-state index in [1.165, 1.54) is 22.5 Å². The molecule has 0 unspecified atom stereocenters. The van der Waals surface area contributed by atoms with Gasteiger partial charge in [0.1, 0.15) is 5.82 Å². The number of carbonyl (C=O) groups excluding carboxylic acids is 1. The van der Waals surface area contributed by atoms with Crippen molar-refractivity contribution in [2.45, 2.75) is 18.6 Å². The van der Waals surface area contributed by atoms with Crippen molar-refractivity contribution in [3.8, 4) is 0 Å². The number of nitrogens with zero attached hydrogens (tertiary/aromatic N) is 1. The number of rotatable bonds is 5. The van der Waals surface area contributed by atoms with E-state index in [2.05, 4.69) is 5.32 Å². The Morgan fingerprint density at radius 1 is 1.15 bits per heavy atom. The van der Waals surface area contributed by atoms with Crippen LogP contribution in [0, 0.1) is 11.7 Å². The van der Waals surface area contributed by atoms with Gasteiger partial charge in [-0.25, -0.2) is 17.1 Å². The van der Waals surface area contributed by atoms with E-state index >= 15 is 0 Å². The molecule has 1 heterocycles. The summed E-state index contributed by atoms with van der Waals surface area (Å²) in [7, 11) is -3.42. The Labute approximate surface area is 163 Å². The lowest BCUT2D eigenvalue weighted by Gasteiger charge is -2.30. The summed E-state index contributed by atoms with van der Waals surface area (Å²) in [6.45, 7) is 0.588. The van der Waals surface area contributed by atoms with E-state index < -0.39 is 15.8 Å². The van der Waals surface area contributed by atoms with Gasteiger partial charge < -0.3 is 5.32 Å². The molecule has 0 atom stereocenters. The first kappa shape index (κ1) is 19.8. The van der Waals surface area contributed by atoms with Gasteiger partial charge in [-0.1, -0.05) is 41.9 Å². The van der Waals surface area contributed by atoms with Gasteiger partial charge in [0.2, 0.25) is 15.9 Å². The van der Waals surface area contributed by atoms with Gasteiger partial charge in [-0.05, 0) is 36.6 Å². The Balaban J connectivity index is 1.56. The number of anilines is 1. The Kier molecular flexibility index (Phi) is 6.14. The molecule has 8 heteroatoms. The molecule has 0 aliphatic carbocycles. The predicted octanol–water partition coefficient (Wildman–Crippen LogP) is 3.66. The maximum absolute atomic E-state index is 13.5. The number of amides is 1. The summed E-state index contributed by atoms with van der Waals surface area (Å²) < 4.78 is 40.0. The number of hydrogen-bond acceptors (Lipinski definition) is 3. The van der Waals surface area contributed by atoms with Gasteiger partial charge in [0, 0.05) is 24.7 Å². The quantitative estimate of drug-likeness (QED) is 0.818. The van der Waals surface area contributed by atoms with E-state index in [-0.39, 0.29) is 22.6 Å². The molecule has 0 radical (unpaired) electrons. The van der Waals surface area contributed by atoms with E-state index in [0.29, 0.717) is 31.6 Å². The van der Waals surface area contributed by atoms with Crippen LogP contribution in [0.15, 0.2) is 48.5 Å². The largest absolute Gasteiger partial charge is 0.326 e. The predicted molar refractivity (Wildman–Crippen MR) is 103 cm³/mol. The van der Waals surface area contributed by atoms with E-state index in [1.807, 2.05) is 6.07 Å². The number of nitrogens with one attached hydrogen (secondary N) is 1. The lowest BCUT2D eigenvalue weighted by Crippen LogP contribution is -2.41. The zero-order valence-corrected chi connectivity index (χ0v) is 16.1. The molecule has 1 saturated heterocycles. The number of benzene rings is 2. The van der Waals surface area contributed by atoms with Gasteiger partial charge in [0.15, 0.2) is 0 Å². The lowest BCUT2D eigenvalue weighted by atomic mass is 9.97. The molecule has 0 saturated carbocycles. The minimum Gasteiger partial charge on any atom is -0.326 e. The fourth-order valence-corrected chi connectivity index (χ4v) is 4.77. The second-order valence-corrected chi connectivity index (χ2v) is 8.91. The fraction of sp³-hybridized carbons (Fsp3) is 0.316. The van der Waals surface area contributed by atoms with Gasteiger partial charge >= 0.3 is 0 Å². The first-order valence-electron chi connectivity index (χ1n) is 8.63. The zero-order chi connectivity index (χ0) is 19.4. The van der Waals surface area contributed by atoms with Crippen LogP contribution in [0.3, 0.4) is 0 Å². The Hall–Kier alpha value is -1.96. The molecule has 2 aromatic rings. The number of carbonyl (C=O) groups is 1. The SMILES string of the molecule is O=C(Nc1ccc(Cl)c(F)c1)C1CCN(S(=O)(=O)Cc2ccccc2)CC1. The molecule has 0 bridgehead atoms. The average molecular weight is 411 g/mol. The third-order valence-corrected chi connectivity index (χ3v) is 6.75. The molecule has 0 aromatic heterocycles. The molecule has 1 aliphatic heterocycles. The first-order valence-corrected chi connectivity index (χ1v) is 10.6. The van der Waals surface area contributed by atoms with Crippen molar-refractivity contribution in [1.82, 2.24) is 4.31 Å². The molecule has 1 amide bonds. The topological polar surface area (TPSA) is 66.5 Å². The van der Waals surface area contributed by atoms with Crippen molar-refractivity contribution in [3.63, 3.8) is 0 Å². The molecule has 0 spiro atoms. The number of sulfonamides is 1. The average Bonchev–Trinajstić information content (AvgIpc) is 2.65. The monoisotopic (exact) mass is 410 g/mol. The van der Waals surface area contributed by atoms with Crippen LogP contribution in [0.4, 0.5) is 10.1 Å². The standard InChI is InChI=1S/C19H20ClFN2O3S/c20-17-7-6-16(12-18(17)21)22-19(24)15-8-10-23(11-9-15)27(25,26)13-14-4-2-1-3-5-14/h1-7,12,15H,8-11,13H2,(H,22,24). The Morgan fingerprint density at radius 2 is 1.81 bits per heavy atom. The van der Waals surface area contributed by atoms with Crippen LogP contribution in [0.25, 0.3) is 0 Å². The third-order valence-electron chi connectivity index (χ3n) is 4.60. The summed E-state index contributed by atoms with van der Waals surface area (Å²) >= 11 is 5.63. The van der Waals surface area contributed by atoms with Gasteiger partial charge in [0.05, 0.1) is 10.8 Å². The summed E-state index contributed by atoms with van der Waals surface area (Å²) in [5.41, 5.74) is 1.07. The smallest absolute Gasteiger partial charge is 0.227 e. The minimum absolute atomic E-state index is 0.00932. The molecule has 1 fully saturated rings. The molecule has 1 aliphatic rings. The summed E-state index contributed by atoms with van der Waals surface area (Å²) in [5, 5.41) is 2.66. The maximum atomic E-state index is 13.5. The van der Waals surface area contributed by atoms with Gasteiger partial charge in [-0.3, -0.25) is 4.79 Å². The van der Waals surface area contributed by atoms with Crippen molar-refractivity contribution in [1.29, 1.82) is 0 Å². The summed E-state index contributed by atoms with van der Waals surface area (Å²) in [6, 6.07) is 13.1. The highest BCUT2D eigenvalue weighted by molar-refractivity contribution is 7.88. The Morgan fingerprint density at radius 3 is 2.44 bits per heavy atom. The molecule has 2 aromatic carbocycles. The van der Waals surface area contributed by atoms with Crippen LogP contribution in [-0.2, 0) is 20.6 Å².